The molecule has 0 aliphatic rings. The largest absolute Gasteiger partial charge is 0.477 e. The van der Waals surface area contributed by atoms with E-state index < -0.39 is 30.7 Å². The Hall–Kier alpha value is -1.53. The molecule has 4 nitrogen and oxygen atoms in total. The lowest BCUT2D eigenvalue weighted by Gasteiger charge is -2.05. The van der Waals surface area contributed by atoms with E-state index in [9.17, 15) is 18.0 Å². The van der Waals surface area contributed by atoms with Crippen LogP contribution in [0, 0.1) is 0 Å². The Bertz CT molecular complexity index is 328. The van der Waals surface area contributed by atoms with Crippen molar-refractivity contribution < 1.29 is 23.1 Å². The number of aromatic carboxylic acids is 1. The quantitative estimate of drug-likeness (QED) is 0.786. The Morgan fingerprint density at radius 3 is 2.71 bits per heavy atom. The van der Waals surface area contributed by atoms with Gasteiger partial charge in [0.25, 0.3) is 0 Å². The average molecular weight is 208 g/mol. The lowest BCUT2D eigenvalue weighted by Crippen LogP contribution is -2.12. The molecule has 0 saturated carbocycles. The molecule has 0 fully saturated rings. The molecule has 2 atom stereocenters. The summed E-state index contributed by atoms with van der Waals surface area (Å²) in [6.07, 6.45) is -4.57. The lowest BCUT2D eigenvalue weighted by molar-refractivity contribution is 0.0690. The molecule has 78 valence electrons. The summed E-state index contributed by atoms with van der Waals surface area (Å²) in [5.74, 6) is -1.34. The molecule has 0 aromatic carbocycles. The molecule has 7 heteroatoms. The van der Waals surface area contributed by atoms with Crippen molar-refractivity contribution >= 4 is 5.97 Å². The van der Waals surface area contributed by atoms with Crippen LogP contribution >= 0.6 is 0 Å². The third kappa shape index (κ3) is 2.04. The fraction of sp³-hybridized carbons (Fsp3) is 0.429. The van der Waals surface area contributed by atoms with E-state index >= 15 is 0 Å². The first-order chi connectivity index (χ1) is 6.56. The van der Waals surface area contributed by atoms with Gasteiger partial charge in [0.15, 0.2) is 12.3 Å². The van der Waals surface area contributed by atoms with Gasteiger partial charge in [-0.2, -0.15) is 5.10 Å². The van der Waals surface area contributed by atoms with E-state index in [4.69, 9.17) is 5.11 Å². The standard InChI is InChI=1S/C7H7F3N2O2/c8-2-3(9)6(10)4-1-5(7(13)14)12-11-4/h1,3,6H,2H2,(H,11,12)(H,13,14). The van der Waals surface area contributed by atoms with Gasteiger partial charge in [-0.25, -0.2) is 18.0 Å². The second-order valence-electron chi connectivity index (χ2n) is 2.58. The average Bonchev–Trinajstić information content (AvgIpc) is 2.64. The SMILES string of the molecule is O=C(O)c1cc(C(F)C(F)CF)n[nH]1. The van der Waals surface area contributed by atoms with E-state index in [0.717, 1.165) is 6.07 Å². The highest BCUT2D eigenvalue weighted by atomic mass is 19.2. The minimum Gasteiger partial charge on any atom is -0.477 e. The van der Waals surface area contributed by atoms with Gasteiger partial charge in [-0.3, -0.25) is 5.10 Å². The van der Waals surface area contributed by atoms with Crippen LogP contribution in [0.5, 0.6) is 0 Å². The maximum Gasteiger partial charge on any atom is 0.353 e. The molecule has 1 aromatic rings. The molecule has 0 aliphatic heterocycles. The van der Waals surface area contributed by atoms with Crippen molar-refractivity contribution in [3.63, 3.8) is 0 Å². The summed E-state index contributed by atoms with van der Waals surface area (Å²) in [6.45, 7) is -1.48. The molecular formula is C7H7F3N2O2. The number of nitrogens with zero attached hydrogens (tertiary/aromatic N) is 1. The molecule has 0 aliphatic carbocycles. The third-order valence-corrected chi connectivity index (χ3v) is 1.58. The van der Waals surface area contributed by atoms with Crippen LogP contribution in [0.25, 0.3) is 0 Å². The molecule has 1 heterocycles. The minimum absolute atomic E-state index is 0.367. The predicted molar refractivity (Wildman–Crippen MR) is 40.3 cm³/mol. The summed E-state index contributed by atoms with van der Waals surface area (Å²) >= 11 is 0. The van der Waals surface area contributed by atoms with Crippen LogP contribution in [0.4, 0.5) is 13.2 Å². The van der Waals surface area contributed by atoms with E-state index in [1.165, 1.54) is 0 Å². The van der Waals surface area contributed by atoms with Crippen LogP contribution in [0.15, 0.2) is 6.07 Å². The number of H-pyrrole nitrogens is 1. The highest BCUT2D eigenvalue weighted by Gasteiger charge is 2.25. The van der Waals surface area contributed by atoms with Gasteiger partial charge in [-0.15, -0.1) is 0 Å². The molecule has 2 unspecified atom stereocenters. The summed E-state index contributed by atoms with van der Waals surface area (Å²) in [5, 5.41) is 13.6. The zero-order chi connectivity index (χ0) is 10.7. The number of aromatic amines is 1. The normalized spacial score (nSPS) is 15.1. The summed E-state index contributed by atoms with van der Waals surface area (Å²) in [4.78, 5) is 10.3. The van der Waals surface area contributed by atoms with Crippen molar-refractivity contribution in [2.24, 2.45) is 0 Å². The lowest BCUT2D eigenvalue weighted by atomic mass is 10.2. The number of carboxylic acids is 1. The number of hydrogen-bond donors (Lipinski definition) is 2. The molecule has 1 rings (SSSR count). The van der Waals surface area contributed by atoms with E-state index in [1.807, 2.05) is 5.10 Å². The Morgan fingerprint density at radius 1 is 1.64 bits per heavy atom. The van der Waals surface area contributed by atoms with Crippen LogP contribution in [-0.2, 0) is 0 Å². The molecule has 0 bridgehead atoms. The van der Waals surface area contributed by atoms with Gasteiger partial charge in [0.1, 0.15) is 18.1 Å². The maximum absolute atomic E-state index is 12.9. The van der Waals surface area contributed by atoms with Crippen molar-refractivity contribution in [3.05, 3.63) is 17.5 Å². The van der Waals surface area contributed by atoms with Gasteiger partial charge in [-0.05, 0) is 6.07 Å². The first-order valence-corrected chi connectivity index (χ1v) is 3.69. The fourth-order valence-corrected chi connectivity index (χ4v) is 0.852. The summed E-state index contributed by atoms with van der Waals surface area (Å²) in [7, 11) is 0. The maximum atomic E-state index is 12.9. The van der Waals surface area contributed by atoms with Gasteiger partial charge in [0, 0.05) is 0 Å². The van der Waals surface area contributed by atoms with Crippen LogP contribution in [0.3, 0.4) is 0 Å². The van der Waals surface area contributed by atoms with Crippen LogP contribution in [0.1, 0.15) is 22.4 Å². The molecular weight excluding hydrogens is 201 g/mol. The van der Waals surface area contributed by atoms with Gasteiger partial charge in [0.05, 0.1) is 0 Å². The number of hydrogen-bond acceptors (Lipinski definition) is 2. The third-order valence-electron chi connectivity index (χ3n) is 1.58. The molecule has 0 spiro atoms. The zero-order valence-electron chi connectivity index (χ0n) is 6.88. The molecule has 1 aromatic heterocycles. The summed E-state index contributed by atoms with van der Waals surface area (Å²) in [5.41, 5.74) is -0.818. The number of aromatic nitrogens is 2. The molecule has 14 heavy (non-hydrogen) atoms. The number of halogens is 3. The van der Waals surface area contributed by atoms with Gasteiger partial charge in [0.2, 0.25) is 0 Å². The van der Waals surface area contributed by atoms with Gasteiger partial charge in [-0.1, -0.05) is 0 Å². The van der Waals surface area contributed by atoms with E-state index in [1.54, 1.807) is 0 Å². The zero-order valence-corrected chi connectivity index (χ0v) is 6.88. The van der Waals surface area contributed by atoms with Crippen LogP contribution < -0.4 is 0 Å². The van der Waals surface area contributed by atoms with E-state index in [2.05, 4.69) is 5.10 Å². The predicted octanol–water partition coefficient (Wildman–Crippen LogP) is 1.43. The van der Waals surface area contributed by atoms with Crippen molar-refractivity contribution in [1.29, 1.82) is 0 Å². The van der Waals surface area contributed by atoms with Crippen molar-refractivity contribution in [2.75, 3.05) is 6.67 Å². The Morgan fingerprint density at radius 2 is 2.29 bits per heavy atom. The van der Waals surface area contributed by atoms with Crippen molar-refractivity contribution in [1.82, 2.24) is 10.2 Å². The van der Waals surface area contributed by atoms with E-state index in [-0.39, 0.29) is 5.69 Å². The molecule has 0 radical (unpaired) electrons. The van der Waals surface area contributed by atoms with Gasteiger partial charge < -0.3 is 5.11 Å². The summed E-state index contributed by atoms with van der Waals surface area (Å²) in [6, 6.07) is 0.829. The van der Waals surface area contributed by atoms with Crippen molar-refractivity contribution in [3.8, 4) is 0 Å². The molecule has 0 saturated heterocycles. The Balaban J connectivity index is 2.81. The highest BCUT2D eigenvalue weighted by molar-refractivity contribution is 5.85. The topological polar surface area (TPSA) is 66.0 Å². The monoisotopic (exact) mass is 208 g/mol. The highest BCUT2D eigenvalue weighted by Crippen LogP contribution is 2.22. The Kier molecular flexibility index (Phi) is 3.10. The number of carboxylic acid groups (broad SMARTS) is 1. The Labute approximate surface area is 76.7 Å². The molecule has 2 N–H and O–H groups in total. The van der Waals surface area contributed by atoms with Crippen LogP contribution in [-0.4, -0.2) is 34.1 Å². The number of nitrogens with one attached hydrogen (secondary N) is 1. The second kappa shape index (κ2) is 4.12. The first-order valence-electron chi connectivity index (χ1n) is 3.69. The van der Waals surface area contributed by atoms with Gasteiger partial charge >= 0.3 is 5.97 Å². The molecule has 0 amide bonds. The van der Waals surface area contributed by atoms with Crippen LogP contribution in [0.2, 0.25) is 0 Å². The number of rotatable bonds is 4. The second-order valence-corrected chi connectivity index (χ2v) is 2.58. The summed E-state index contributed by atoms with van der Waals surface area (Å²) < 4.78 is 37.1. The number of carbonyl (C=O) groups is 1. The number of alkyl halides is 3. The van der Waals surface area contributed by atoms with E-state index in [0.29, 0.717) is 0 Å². The fourth-order valence-electron chi connectivity index (χ4n) is 0.852. The smallest absolute Gasteiger partial charge is 0.353 e. The minimum atomic E-state index is -2.32. The first kappa shape index (κ1) is 10.6. The van der Waals surface area contributed by atoms with Crippen molar-refractivity contribution in [2.45, 2.75) is 12.3 Å².